The van der Waals surface area contributed by atoms with Gasteiger partial charge in [0, 0.05) is 20.2 Å². The number of carbonyl (C=O) groups excluding carboxylic acids is 1. The number of piperidine rings is 1. The minimum absolute atomic E-state index is 0. The van der Waals surface area contributed by atoms with Crippen molar-refractivity contribution < 1.29 is 9.53 Å². The van der Waals surface area contributed by atoms with E-state index in [9.17, 15) is 4.79 Å². The van der Waals surface area contributed by atoms with Gasteiger partial charge in [-0.25, -0.2) is 4.98 Å². The average Bonchev–Trinajstić information content (AvgIpc) is 3.11. The second kappa shape index (κ2) is 10.2. The second-order valence-electron chi connectivity index (χ2n) is 6.52. The maximum atomic E-state index is 12.8. The highest BCUT2D eigenvalue weighted by Crippen LogP contribution is 2.31. The number of aromatic nitrogens is 1. The van der Waals surface area contributed by atoms with Gasteiger partial charge in [-0.15, -0.1) is 24.8 Å². The van der Waals surface area contributed by atoms with E-state index < -0.39 is 5.41 Å². The Hall–Kier alpha value is -1.08. The zero-order valence-corrected chi connectivity index (χ0v) is 16.3. The van der Waals surface area contributed by atoms with Gasteiger partial charge >= 0.3 is 0 Å². The minimum atomic E-state index is -0.437. The molecule has 1 aromatic rings. The van der Waals surface area contributed by atoms with Crippen LogP contribution in [0, 0.1) is 5.41 Å². The highest BCUT2D eigenvalue weighted by Gasteiger charge is 2.39. The Kier molecular flexibility index (Phi) is 8.93. The zero-order chi connectivity index (χ0) is 16.1. The molecular weight excluding hydrogens is 363 g/mol. The third-order valence-electron chi connectivity index (χ3n) is 4.90. The molecule has 0 radical (unpaired) electrons. The van der Waals surface area contributed by atoms with Crippen molar-refractivity contribution in [1.82, 2.24) is 10.3 Å². The smallest absolute Gasteiger partial charge is 0.233 e. The van der Waals surface area contributed by atoms with Crippen LogP contribution < -0.4 is 15.5 Å². The van der Waals surface area contributed by atoms with Crippen LogP contribution in [0.2, 0.25) is 0 Å². The number of anilines is 2. The minimum Gasteiger partial charge on any atom is -0.384 e. The molecule has 0 spiro atoms. The van der Waals surface area contributed by atoms with Gasteiger partial charge in [-0.1, -0.05) is 0 Å². The van der Waals surface area contributed by atoms with E-state index in [1.807, 2.05) is 12.1 Å². The molecule has 2 aliphatic rings. The van der Waals surface area contributed by atoms with Gasteiger partial charge < -0.3 is 20.3 Å². The van der Waals surface area contributed by atoms with Crippen LogP contribution in [0.1, 0.15) is 25.7 Å². The summed E-state index contributed by atoms with van der Waals surface area (Å²) in [6.07, 6.45) is 5.81. The lowest BCUT2D eigenvalue weighted by Gasteiger charge is -2.35. The van der Waals surface area contributed by atoms with Crippen molar-refractivity contribution in [3.05, 3.63) is 18.3 Å². The Morgan fingerprint density at radius 3 is 2.52 bits per heavy atom. The summed E-state index contributed by atoms with van der Waals surface area (Å²) in [6.45, 7) is 4.30. The van der Waals surface area contributed by atoms with Crippen molar-refractivity contribution in [2.24, 2.45) is 5.41 Å². The molecule has 2 saturated heterocycles. The van der Waals surface area contributed by atoms with Crippen LogP contribution in [0.25, 0.3) is 0 Å². The Morgan fingerprint density at radius 2 is 1.96 bits per heavy atom. The third kappa shape index (κ3) is 5.20. The second-order valence-corrected chi connectivity index (χ2v) is 6.52. The standard InChI is InChI=1S/C17H26N4O2.2ClH/c1-23-13-17(6-8-18-9-7-17)16(22)20-14-4-5-15(19-12-14)21-10-2-3-11-21;;/h4-5,12,18H,2-3,6-11,13H2,1H3,(H,20,22);2*1H. The number of hydrogen-bond donors (Lipinski definition) is 2. The van der Waals surface area contributed by atoms with Gasteiger partial charge in [-0.05, 0) is 50.9 Å². The SMILES string of the molecule is COCC1(C(=O)Nc2ccc(N3CCCC3)nc2)CCNCC1.Cl.Cl. The number of methoxy groups -OCH3 is 1. The molecule has 8 heteroatoms. The van der Waals surface area contributed by atoms with E-state index in [0.717, 1.165) is 50.5 Å². The van der Waals surface area contributed by atoms with Crippen molar-refractivity contribution >= 4 is 42.2 Å². The van der Waals surface area contributed by atoms with E-state index in [2.05, 4.69) is 20.5 Å². The summed E-state index contributed by atoms with van der Waals surface area (Å²) in [5.41, 5.74) is 0.320. The summed E-state index contributed by atoms with van der Waals surface area (Å²) < 4.78 is 5.32. The molecule has 1 amide bonds. The van der Waals surface area contributed by atoms with Crippen molar-refractivity contribution in [1.29, 1.82) is 0 Å². The molecule has 6 nitrogen and oxygen atoms in total. The molecule has 0 aliphatic carbocycles. The normalized spacial score (nSPS) is 18.8. The van der Waals surface area contributed by atoms with Gasteiger partial charge in [0.05, 0.1) is 23.9 Å². The average molecular weight is 391 g/mol. The van der Waals surface area contributed by atoms with E-state index in [1.165, 1.54) is 12.8 Å². The number of nitrogens with one attached hydrogen (secondary N) is 2. The maximum Gasteiger partial charge on any atom is 0.233 e. The largest absolute Gasteiger partial charge is 0.384 e. The van der Waals surface area contributed by atoms with E-state index in [0.29, 0.717) is 6.61 Å². The number of rotatable bonds is 5. The Labute approximate surface area is 161 Å². The third-order valence-corrected chi connectivity index (χ3v) is 4.90. The predicted octanol–water partition coefficient (Wildman–Crippen LogP) is 2.48. The Bertz CT molecular complexity index is 524. The van der Waals surface area contributed by atoms with Crippen LogP contribution >= 0.6 is 24.8 Å². The van der Waals surface area contributed by atoms with Gasteiger partial charge in [0.15, 0.2) is 0 Å². The summed E-state index contributed by atoms with van der Waals surface area (Å²) in [5.74, 6) is 1.03. The van der Waals surface area contributed by atoms with Crippen LogP contribution in [0.4, 0.5) is 11.5 Å². The highest BCUT2D eigenvalue weighted by atomic mass is 35.5. The fraction of sp³-hybridized carbons (Fsp3) is 0.647. The first-order valence-corrected chi connectivity index (χ1v) is 8.46. The van der Waals surface area contributed by atoms with Crippen molar-refractivity contribution in [3.63, 3.8) is 0 Å². The van der Waals surface area contributed by atoms with Crippen molar-refractivity contribution in [3.8, 4) is 0 Å². The first kappa shape index (κ1) is 22.0. The molecule has 3 rings (SSSR count). The number of carbonyl (C=O) groups is 1. The van der Waals surface area contributed by atoms with Gasteiger partial charge in [0.2, 0.25) is 5.91 Å². The number of amides is 1. The highest BCUT2D eigenvalue weighted by molar-refractivity contribution is 5.95. The number of ether oxygens (including phenoxy) is 1. The molecular formula is C17H28Cl2N4O2. The molecule has 0 atom stereocenters. The fourth-order valence-corrected chi connectivity index (χ4v) is 3.48. The molecule has 25 heavy (non-hydrogen) atoms. The summed E-state index contributed by atoms with van der Waals surface area (Å²) in [6, 6.07) is 3.94. The first-order valence-electron chi connectivity index (χ1n) is 8.46. The van der Waals surface area contributed by atoms with E-state index in [1.54, 1.807) is 13.3 Å². The number of nitrogens with zero attached hydrogens (tertiary/aromatic N) is 2. The first-order chi connectivity index (χ1) is 11.2. The van der Waals surface area contributed by atoms with E-state index in [-0.39, 0.29) is 30.7 Å². The van der Waals surface area contributed by atoms with Gasteiger partial charge in [0.25, 0.3) is 0 Å². The number of hydrogen-bond acceptors (Lipinski definition) is 5. The molecule has 0 aromatic carbocycles. The zero-order valence-electron chi connectivity index (χ0n) is 14.6. The van der Waals surface area contributed by atoms with Crippen LogP contribution in [0.15, 0.2) is 18.3 Å². The molecule has 2 aliphatic heterocycles. The van der Waals surface area contributed by atoms with Crippen LogP contribution in [-0.4, -0.2) is 50.8 Å². The summed E-state index contributed by atoms with van der Waals surface area (Å²) in [4.78, 5) is 19.5. The monoisotopic (exact) mass is 390 g/mol. The van der Waals surface area contributed by atoms with E-state index in [4.69, 9.17) is 4.74 Å². The Morgan fingerprint density at radius 1 is 1.28 bits per heavy atom. The fourth-order valence-electron chi connectivity index (χ4n) is 3.48. The summed E-state index contributed by atoms with van der Waals surface area (Å²) >= 11 is 0. The lowest BCUT2D eigenvalue weighted by molar-refractivity contribution is -0.130. The molecule has 0 bridgehead atoms. The Balaban J connectivity index is 0.00000156. The molecule has 2 fully saturated rings. The van der Waals surface area contributed by atoms with E-state index >= 15 is 0 Å². The lowest BCUT2D eigenvalue weighted by Crippen LogP contribution is -2.47. The molecule has 1 aromatic heterocycles. The number of pyridine rings is 1. The van der Waals surface area contributed by atoms with Crippen molar-refractivity contribution in [2.75, 3.05) is 50.1 Å². The van der Waals surface area contributed by atoms with Crippen molar-refractivity contribution in [2.45, 2.75) is 25.7 Å². The quantitative estimate of drug-likeness (QED) is 0.808. The number of halogens is 2. The molecule has 142 valence electrons. The molecule has 0 saturated carbocycles. The lowest BCUT2D eigenvalue weighted by atomic mass is 9.78. The molecule has 3 heterocycles. The van der Waals surface area contributed by atoms with Gasteiger partial charge in [-0.3, -0.25) is 4.79 Å². The van der Waals surface area contributed by atoms with Crippen LogP contribution in [0.5, 0.6) is 0 Å². The molecule has 0 unspecified atom stereocenters. The predicted molar refractivity (Wildman–Crippen MR) is 105 cm³/mol. The van der Waals surface area contributed by atoms with Crippen LogP contribution in [-0.2, 0) is 9.53 Å². The van der Waals surface area contributed by atoms with Gasteiger partial charge in [0.1, 0.15) is 5.82 Å². The summed E-state index contributed by atoms with van der Waals surface area (Å²) in [7, 11) is 1.66. The summed E-state index contributed by atoms with van der Waals surface area (Å²) in [5, 5.41) is 6.33. The topological polar surface area (TPSA) is 66.5 Å². The maximum absolute atomic E-state index is 12.8. The van der Waals surface area contributed by atoms with Crippen LogP contribution in [0.3, 0.4) is 0 Å². The van der Waals surface area contributed by atoms with Gasteiger partial charge in [-0.2, -0.15) is 0 Å². The molecule has 2 N–H and O–H groups in total.